The summed E-state index contributed by atoms with van der Waals surface area (Å²) in [5.41, 5.74) is 6.34. The summed E-state index contributed by atoms with van der Waals surface area (Å²) in [5.74, 6) is 0.964. The third kappa shape index (κ3) is 1.26. The number of rotatable bonds is 2. The summed E-state index contributed by atoms with van der Waals surface area (Å²) in [5, 5.41) is 10.3. The van der Waals surface area contributed by atoms with Crippen molar-refractivity contribution in [1.82, 2.24) is 20.2 Å². The highest BCUT2D eigenvalue weighted by Crippen LogP contribution is 2.15. The summed E-state index contributed by atoms with van der Waals surface area (Å²) in [7, 11) is 0. The van der Waals surface area contributed by atoms with E-state index in [0.29, 0.717) is 17.4 Å². The first-order valence-electron chi connectivity index (χ1n) is 4.01. The molecule has 0 radical (unpaired) electrons. The van der Waals surface area contributed by atoms with Gasteiger partial charge >= 0.3 is 0 Å². The summed E-state index contributed by atoms with van der Waals surface area (Å²) in [6.07, 6.45) is 1.61. The molecule has 0 spiro atoms. The molecule has 0 fully saturated rings. The van der Waals surface area contributed by atoms with Crippen molar-refractivity contribution in [3.8, 4) is 0 Å². The van der Waals surface area contributed by atoms with Crippen molar-refractivity contribution in [2.75, 3.05) is 17.6 Å². The number of nitrogens with two attached hydrogens (primary N) is 1. The number of H-pyrrole nitrogens is 1. The zero-order chi connectivity index (χ0) is 9.26. The van der Waals surface area contributed by atoms with E-state index in [0.717, 1.165) is 11.9 Å². The minimum Gasteiger partial charge on any atom is -0.383 e. The summed E-state index contributed by atoms with van der Waals surface area (Å²) in [4.78, 5) is 8.22. The molecular formula is C7H10N6. The Morgan fingerprint density at radius 3 is 3.15 bits per heavy atom. The largest absolute Gasteiger partial charge is 0.383 e. The molecular weight excluding hydrogens is 168 g/mol. The predicted molar refractivity (Wildman–Crippen MR) is 50.3 cm³/mol. The quantitative estimate of drug-likeness (QED) is 0.617. The second-order valence-electron chi connectivity index (χ2n) is 2.60. The standard InChI is InChI=1S/C7H10N6/c1-2-9-7-11-5(8)4-3-10-13-6(4)12-7/h3H,2H2,1H3,(H4,8,9,10,11,12,13). The molecule has 0 amide bonds. The first kappa shape index (κ1) is 7.78. The Morgan fingerprint density at radius 2 is 2.38 bits per heavy atom. The summed E-state index contributed by atoms with van der Waals surface area (Å²) < 4.78 is 0. The average Bonchev–Trinajstić information content (AvgIpc) is 2.53. The third-order valence-corrected chi connectivity index (χ3v) is 1.67. The SMILES string of the molecule is CCNc1nc(N)c2cn[nH]c2n1. The van der Waals surface area contributed by atoms with Crippen LogP contribution in [-0.4, -0.2) is 26.7 Å². The van der Waals surface area contributed by atoms with E-state index in [2.05, 4.69) is 25.5 Å². The van der Waals surface area contributed by atoms with Crippen LogP contribution in [0.1, 0.15) is 6.92 Å². The molecule has 2 aromatic heterocycles. The van der Waals surface area contributed by atoms with Gasteiger partial charge in [-0.1, -0.05) is 0 Å². The van der Waals surface area contributed by atoms with E-state index in [9.17, 15) is 0 Å². The molecule has 2 heterocycles. The van der Waals surface area contributed by atoms with Gasteiger partial charge in [-0.3, -0.25) is 5.10 Å². The topological polar surface area (TPSA) is 92.5 Å². The Labute approximate surface area is 74.6 Å². The minimum atomic E-state index is 0.440. The molecule has 0 saturated heterocycles. The Balaban J connectivity index is 2.56. The fourth-order valence-electron chi connectivity index (χ4n) is 1.09. The lowest BCUT2D eigenvalue weighted by Gasteiger charge is -2.01. The van der Waals surface area contributed by atoms with Crippen molar-refractivity contribution in [1.29, 1.82) is 0 Å². The highest BCUT2D eigenvalue weighted by Gasteiger charge is 2.04. The molecule has 0 atom stereocenters. The van der Waals surface area contributed by atoms with E-state index in [-0.39, 0.29) is 0 Å². The molecule has 0 saturated carbocycles. The molecule has 0 aromatic carbocycles. The van der Waals surface area contributed by atoms with Gasteiger partial charge in [0, 0.05) is 6.54 Å². The molecule has 13 heavy (non-hydrogen) atoms. The van der Waals surface area contributed by atoms with E-state index in [1.807, 2.05) is 6.92 Å². The van der Waals surface area contributed by atoms with E-state index in [4.69, 9.17) is 5.73 Å². The first-order chi connectivity index (χ1) is 6.31. The van der Waals surface area contributed by atoms with Crippen LogP contribution in [0, 0.1) is 0 Å². The molecule has 6 nitrogen and oxygen atoms in total. The molecule has 0 unspecified atom stereocenters. The third-order valence-electron chi connectivity index (χ3n) is 1.67. The van der Waals surface area contributed by atoms with Crippen LogP contribution in [0.25, 0.3) is 11.0 Å². The number of nitrogen functional groups attached to an aromatic ring is 1. The summed E-state index contributed by atoms with van der Waals surface area (Å²) in [6, 6.07) is 0. The van der Waals surface area contributed by atoms with Crippen LogP contribution in [0.5, 0.6) is 0 Å². The van der Waals surface area contributed by atoms with Gasteiger partial charge in [-0.05, 0) is 6.92 Å². The van der Waals surface area contributed by atoms with E-state index in [1.165, 1.54) is 0 Å². The monoisotopic (exact) mass is 178 g/mol. The lowest BCUT2D eigenvalue weighted by atomic mass is 10.4. The first-order valence-corrected chi connectivity index (χ1v) is 4.01. The number of hydrogen-bond acceptors (Lipinski definition) is 5. The van der Waals surface area contributed by atoms with Crippen molar-refractivity contribution >= 4 is 22.8 Å². The van der Waals surface area contributed by atoms with Crippen LogP contribution in [0.3, 0.4) is 0 Å². The molecule has 2 rings (SSSR count). The van der Waals surface area contributed by atoms with E-state index < -0.39 is 0 Å². The number of hydrogen-bond donors (Lipinski definition) is 3. The van der Waals surface area contributed by atoms with Crippen LogP contribution in [0.2, 0.25) is 0 Å². The maximum Gasteiger partial charge on any atom is 0.226 e. The summed E-state index contributed by atoms with van der Waals surface area (Å²) >= 11 is 0. The van der Waals surface area contributed by atoms with Crippen molar-refractivity contribution in [2.24, 2.45) is 0 Å². The van der Waals surface area contributed by atoms with Crippen LogP contribution in [-0.2, 0) is 0 Å². The fourth-order valence-corrected chi connectivity index (χ4v) is 1.09. The van der Waals surface area contributed by atoms with Gasteiger partial charge < -0.3 is 11.1 Å². The number of nitrogens with one attached hydrogen (secondary N) is 2. The van der Waals surface area contributed by atoms with Crippen molar-refractivity contribution in [3.63, 3.8) is 0 Å². The second kappa shape index (κ2) is 2.89. The maximum absolute atomic E-state index is 5.68. The van der Waals surface area contributed by atoms with Crippen molar-refractivity contribution in [2.45, 2.75) is 6.92 Å². The molecule has 0 aliphatic heterocycles. The number of aromatic nitrogens is 4. The smallest absolute Gasteiger partial charge is 0.226 e. The molecule has 2 aromatic rings. The zero-order valence-electron chi connectivity index (χ0n) is 7.20. The molecule has 0 aliphatic carbocycles. The van der Waals surface area contributed by atoms with Gasteiger partial charge in [0.25, 0.3) is 0 Å². The zero-order valence-corrected chi connectivity index (χ0v) is 7.20. The van der Waals surface area contributed by atoms with Crippen molar-refractivity contribution in [3.05, 3.63) is 6.20 Å². The highest BCUT2D eigenvalue weighted by molar-refractivity contribution is 5.85. The van der Waals surface area contributed by atoms with Gasteiger partial charge in [0.2, 0.25) is 5.95 Å². The normalized spacial score (nSPS) is 10.5. The second-order valence-corrected chi connectivity index (χ2v) is 2.60. The van der Waals surface area contributed by atoms with Gasteiger partial charge in [0.15, 0.2) is 5.65 Å². The van der Waals surface area contributed by atoms with Gasteiger partial charge in [-0.15, -0.1) is 0 Å². The number of anilines is 2. The van der Waals surface area contributed by atoms with Gasteiger partial charge in [-0.25, -0.2) is 0 Å². The number of nitrogens with zero attached hydrogens (tertiary/aromatic N) is 3. The summed E-state index contributed by atoms with van der Waals surface area (Å²) in [6.45, 7) is 2.73. The van der Waals surface area contributed by atoms with E-state index >= 15 is 0 Å². The minimum absolute atomic E-state index is 0.440. The van der Waals surface area contributed by atoms with Crippen LogP contribution < -0.4 is 11.1 Å². The Kier molecular flexibility index (Phi) is 1.73. The van der Waals surface area contributed by atoms with Crippen LogP contribution >= 0.6 is 0 Å². The fraction of sp³-hybridized carbons (Fsp3) is 0.286. The van der Waals surface area contributed by atoms with Gasteiger partial charge in [0.1, 0.15) is 5.82 Å². The van der Waals surface area contributed by atoms with Gasteiger partial charge in [-0.2, -0.15) is 15.1 Å². The Morgan fingerprint density at radius 1 is 1.54 bits per heavy atom. The molecule has 6 heteroatoms. The molecule has 4 N–H and O–H groups in total. The number of aromatic amines is 1. The van der Waals surface area contributed by atoms with Crippen LogP contribution in [0.15, 0.2) is 6.20 Å². The average molecular weight is 178 g/mol. The van der Waals surface area contributed by atoms with Crippen LogP contribution in [0.4, 0.5) is 11.8 Å². The van der Waals surface area contributed by atoms with Crippen molar-refractivity contribution < 1.29 is 0 Å². The highest BCUT2D eigenvalue weighted by atomic mass is 15.2. The maximum atomic E-state index is 5.68. The molecule has 68 valence electrons. The lowest BCUT2D eigenvalue weighted by Crippen LogP contribution is -2.04. The predicted octanol–water partition coefficient (Wildman–Crippen LogP) is 0.367. The van der Waals surface area contributed by atoms with E-state index in [1.54, 1.807) is 6.20 Å². The Hall–Kier alpha value is -1.85. The lowest BCUT2D eigenvalue weighted by molar-refractivity contribution is 1.07. The molecule has 0 aliphatic rings. The Bertz CT molecular complexity index is 420. The number of fused-ring (bicyclic) bond motifs is 1. The van der Waals surface area contributed by atoms with Gasteiger partial charge in [0.05, 0.1) is 11.6 Å². The molecule has 0 bridgehead atoms.